The molecular formula is C35H45FNO13P. The van der Waals surface area contributed by atoms with Gasteiger partial charge in [-0.2, -0.15) is 0 Å². The number of benzene rings is 1. The first kappa shape index (κ1) is 38.5. The topological polar surface area (TPSA) is 221 Å². The summed E-state index contributed by atoms with van der Waals surface area (Å²) < 4.78 is 58.1. The van der Waals surface area contributed by atoms with Crippen LogP contribution in [0.3, 0.4) is 0 Å². The van der Waals surface area contributed by atoms with Crippen molar-refractivity contribution in [2.24, 2.45) is 28.6 Å². The van der Waals surface area contributed by atoms with Gasteiger partial charge in [0.2, 0.25) is 17.3 Å². The van der Waals surface area contributed by atoms with E-state index in [9.17, 15) is 39.2 Å². The van der Waals surface area contributed by atoms with Crippen molar-refractivity contribution in [2.75, 3.05) is 33.2 Å². The van der Waals surface area contributed by atoms with Crippen LogP contribution in [0.5, 0.6) is 23.0 Å². The second-order valence-electron chi connectivity index (χ2n) is 14.2. The molecule has 51 heavy (non-hydrogen) atoms. The molecule has 14 nitrogen and oxygen atoms in total. The van der Waals surface area contributed by atoms with Crippen molar-refractivity contribution in [1.29, 1.82) is 0 Å². The minimum absolute atomic E-state index is 0.0546. The van der Waals surface area contributed by atoms with Crippen molar-refractivity contribution in [2.45, 2.75) is 70.8 Å². The number of nitrogen functional groups attached to an aromatic ring is 1. The highest BCUT2D eigenvalue weighted by molar-refractivity contribution is 7.47. The summed E-state index contributed by atoms with van der Waals surface area (Å²) in [4.78, 5) is 48.6. The molecule has 6 N–H and O–H groups in total. The van der Waals surface area contributed by atoms with Gasteiger partial charge < -0.3 is 40.2 Å². The van der Waals surface area contributed by atoms with Crippen LogP contribution < -0.4 is 15.2 Å². The first-order chi connectivity index (χ1) is 23.7. The highest BCUT2D eigenvalue weighted by Crippen LogP contribution is 2.72. The highest BCUT2D eigenvalue weighted by Gasteiger charge is 2.76. The number of halogens is 1. The van der Waals surface area contributed by atoms with Crippen molar-refractivity contribution in [3.63, 3.8) is 0 Å². The maximum absolute atomic E-state index is 18.4. The predicted octanol–water partition coefficient (Wildman–Crippen LogP) is 4.33. The molecule has 9 atom stereocenters. The molecule has 16 heteroatoms. The summed E-state index contributed by atoms with van der Waals surface area (Å²) >= 11 is 0. The Morgan fingerprint density at radius 1 is 1.14 bits per heavy atom. The Bertz CT molecular complexity index is 1780. The minimum Gasteiger partial charge on any atom is -0.504 e. The Hall–Kier alpha value is -3.75. The Labute approximate surface area is 294 Å². The standard InChI is InChI=1S/C35H45FNO13P/c1-18-14-24-23-10-9-20-15-21(39)11-12-32(20,3)34(23,36)26(16-33(24,4)35(18,43)25(40)17-48-19(2)38)50-51(44,45)49-13-7-8-22-27(37)29(42)31(47-6)30(46-5)28(22)41/h7-9,11-12,18,23-24,26,41-43H,10,13-17,37H2,1-6H3,(H,44,45)/t18-,23-,24-,26-,32-,33-,34-,35+/m0/s1. The van der Waals surface area contributed by atoms with E-state index in [-0.39, 0.29) is 47.8 Å². The van der Waals surface area contributed by atoms with E-state index in [4.69, 9.17) is 29.0 Å². The molecule has 0 aromatic heterocycles. The van der Waals surface area contributed by atoms with Gasteiger partial charge in [0.1, 0.15) is 11.7 Å². The fourth-order valence-electron chi connectivity index (χ4n) is 9.16. The number of nitrogens with two attached hydrogens (primary N) is 1. The molecule has 4 aliphatic carbocycles. The number of esters is 1. The number of phenolic OH excluding ortho intramolecular Hbond substituents is 2. The van der Waals surface area contributed by atoms with Crippen LogP contribution in [0.15, 0.2) is 29.9 Å². The zero-order valence-electron chi connectivity index (χ0n) is 29.3. The van der Waals surface area contributed by atoms with Gasteiger partial charge in [0.05, 0.1) is 26.5 Å². The maximum atomic E-state index is 18.4. The zero-order valence-corrected chi connectivity index (χ0v) is 30.2. The van der Waals surface area contributed by atoms with Crippen LogP contribution in [-0.2, 0) is 32.7 Å². The molecule has 2 fully saturated rings. The first-order valence-corrected chi connectivity index (χ1v) is 18.0. The molecule has 1 unspecified atom stereocenters. The molecule has 0 radical (unpaired) electrons. The Morgan fingerprint density at radius 3 is 2.41 bits per heavy atom. The van der Waals surface area contributed by atoms with Gasteiger partial charge in [-0.05, 0) is 44.1 Å². The third kappa shape index (κ3) is 5.87. The number of ether oxygens (including phenoxy) is 3. The molecular weight excluding hydrogens is 692 g/mol. The molecule has 0 bridgehead atoms. The van der Waals surface area contributed by atoms with Crippen LogP contribution >= 0.6 is 7.82 Å². The summed E-state index contributed by atoms with van der Waals surface area (Å²) in [7, 11) is -2.67. The molecule has 2 saturated carbocycles. The van der Waals surface area contributed by atoms with Gasteiger partial charge in [-0.15, -0.1) is 0 Å². The molecule has 280 valence electrons. The van der Waals surface area contributed by atoms with Crippen molar-refractivity contribution in [3.05, 3.63) is 35.4 Å². The second kappa shape index (κ2) is 13.3. The fourth-order valence-corrected chi connectivity index (χ4v) is 10.0. The van der Waals surface area contributed by atoms with Crippen molar-refractivity contribution >= 4 is 37.1 Å². The second-order valence-corrected chi connectivity index (χ2v) is 15.6. The van der Waals surface area contributed by atoms with Gasteiger partial charge in [-0.25, -0.2) is 8.96 Å². The summed E-state index contributed by atoms with van der Waals surface area (Å²) in [6.45, 7) is 4.67. The van der Waals surface area contributed by atoms with Gasteiger partial charge >= 0.3 is 13.8 Å². The Balaban J connectivity index is 1.49. The third-order valence-corrected chi connectivity index (χ3v) is 12.7. The number of ketones is 2. The molecule has 0 saturated heterocycles. The summed E-state index contributed by atoms with van der Waals surface area (Å²) in [5.41, 5.74) is -1.32. The predicted molar refractivity (Wildman–Crippen MR) is 180 cm³/mol. The SMILES string of the molecule is COc1c(O)c(N)c(C=CCOP(=O)(O)O[C@H]2C[C@@]3(C)[C@@H](C[C@H](C)[C@@]3(O)C(=O)COC(C)=O)[C@@H]3CC=C4CC(=O)C=C[C@]4(C)[C@@]23F)c(O)c1OC. The van der Waals surface area contributed by atoms with Gasteiger partial charge in [0.15, 0.2) is 29.6 Å². The van der Waals surface area contributed by atoms with Crippen LogP contribution in [0.4, 0.5) is 10.1 Å². The van der Waals surface area contributed by atoms with E-state index in [2.05, 4.69) is 0 Å². The number of allylic oxidation sites excluding steroid dienone is 4. The average Bonchev–Trinajstić information content (AvgIpc) is 3.26. The van der Waals surface area contributed by atoms with E-state index in [1.807, 2.05) is 0 Å². The lowest BCUT2D eigenvalue weighted by molar-refractivity contribution is -0.212. The number of rotatable bonds is 11. The minimum atomic E-state index is -5.14. The number of methoxy groups -OCH3 is 2. The molecule has 0 aliphatic heterocycles. The number of anilines is 1. The van der Waals surface area contributed by atoms with Gasteiger partial charge in [-0.3, -0.25) is 23.4 Å². The number of phosphoric acid groups is 1. The molecule has 1 aromatic carbocycles. The number of phenols is 2. The molecule has 1 aromatic rings. The Kier molecular flexibility index (Phi) is 10.1. The van der Waals surface area contributed by atoms with Gasteiger partial charge in [0, 0.05) is 35.7 Å². The quantitative estimate of drug-likeness (QED) is 0.0533. The van der Waals surface area contributed by atoms with E-state index in [0.717, 1.165) is 6.92 Å². The van der Waals surface area contributed by atoms with Gasteiger partial charge in [0.25, 0.3) is 0 Å². The number of hydrogen-bond acceptors (Lipinski definition) is 13. The normalized spacial score (nSPS) is 35.3. The van der Waals surface area contributed by atoms with Crippen LogP contribution in [0.25, 0.3) is 6.08 Å². The molecule has 5 rings (SSSR count). The van der Waals surface area contributed by atoms with Crippen LogP contribution in [-0.4, -0.2) is 82.6 Å². The zero-order chi connectivity index (χ0) is 37.9. The van der Waals surface area contributed by atoms with Crippen molar-refractivity contribution in [1.82, 2.24) is 0 Å². The first-order valence-electron chi connectivity index (χ1n) is 16.5. The van der Waals surface area contributed by atoms with Crippen molar-refractivity contribution < 1.29 is 66.8 Å². The fraction of sp³-hybridized carbons (Fsp3) is 0.571. The smallest absolute Gasteiger partial charge is 0.472 e. The lowest BCUT2D eigenvalue weighted by Gasteiger charge is -2.62. The number of carbonyl (C=O) groups excluding carboxylic acids is 3. The number of aromatic hydroxyl groups is 2. The summed E-state index contributed by atoms with van der Waals surface area (Å²) in [6, 6.07) is 0. The summed E-state index contributed by atoms with van der Waals surface area (Å²) in [5, 5.41) is 33.3. The van der Waals surface area contributed by atoms with Crippen molar-refractivity contribution in [3.8, 4) is 23.0 Å². The van der Waals surface area contributed by atoms with Gasteiger partial charge in [-0.1, -0.05) is 43.7 Å². The lowest BCUT2D eigenvalue weighted by atomic mass is 9.45. The van der Waals surface area contributed by atoms with E-state index in [1.54, 1.807) is 26.8 Å². The van der Waals surface area contributed by atoms with E-state index >= 15 is 4.39 Å². The number of fused-ring (bicyclic) bond motifs is 5. The number of hydrogen-bond donors (Lipinski definition) is 5. The summed E-state index contributed by atoms with van der Waals surface area (Å²) in [6.07, 6.45) is 5.06. The number of phosphoric ester groups is 1. The Morgan fingerprint density at radius 2 is 1.78 bits per heavy atom. The number of Topliss-reactive ketones (excluding diaryl/α,β-unsaturated/α-hetero) is 1. The summed E-state index contributed by atoms with van der Waals surface area (Å²) in [5.74, 6) is -5.43. The van der Waals surface area contributed by atoms with Crippen LogP contribution in [0.2, 0.25) is 0 Å². The average molecular weight is 738 g/mol. The van der Waals surface area contributed by atoms with E-state index in [1.165, 1.54) is 38.5 Å². The lowest BCUT2D eigenvalue weighted by Crippen LogP contribution is -2.69. The monoisotopic (exact) mass is 737 g/mol. The number of carbonyl (C=O) groups is 3. The molecule has 0 heterocycles. The third-order valence-electron chi connectivity index (χ3n) is 11.7. The number of alkyl halides is 1. The molecule has 4 aliphatic rings. The van der Waals surface area contributed by atoms with E-state index < -0.39 is 96.7 Å². The molecule has 0 spiro atoms. The van der Waals surface area contributed by atoms with E-state index in [0.29, 0.717) is 5.57 Å². The largest absolute Gasteiger partial charge is 0.504 e. The molecule has 0 amide bonds. The van der Waals surface area contributed by atoms with Crippen LogP contribution in [0, 0.1) is 28.6 Å². The highest BCUT2D eigenvalue weighted by atomic mass is 31.2. The number of aliphatic hydroxyl groups is 1. The van der Waals surface area contributed by atoms with Crippen LogP contribution in [0.1, 0.15) is 58.9 Å². The maximum Gasteiger partial charge on any atom is 0.472 e.